The lowest BCUT2D eigenvalue weighted by molar-refractivity contribution is -0.153. The molecule has 2 unspecified atom stereocenters. The van der Waals surface area contributed by atoms with E-state index in [1.54, 1.807) is 0 Å². The van der Waals surface area contributed by atoms with Gasteiger partial charge in [0, 0.05) is 5.56 Å². The van der Waals surface area contributed by atoms with Crippen LogP contribution in [-0.4, -0.2) is 27.4 Å². The van der Waals surface area contributed by atoms with Crippen molar-refractivity contribution in [3.8, 4) is 0 Å². The minimum atomic E-state index is -4.98. The predicted octanol–water partition coefficient (Wildman–Crippen LogP) is 1.32. The highest BCUT2D eigenvalue weighted by Crippen LogP contribution is 2.34. The molecule has 4 nitrogen and oxygen atoms in total. The summed E-state index contributed by atoms with van der Waals surface area (Å²) in [6.45, 7) is 0. The third-order valence-corrected chi connectivity index (χ3v) is 2.20. The molecule has 1 aromatic carbocycles. The zero-order valence-electron chi connectivity index (χ0n) is 8.65. The van der Waals surface area contributed by atoms with E-state index in [1.165, 1.54) is 0 Å². The lowest BCUT2D eigenvalue weighted by Gasteiger charge is -2.17. The van der Waals surface area contributed by atoms with Crippen LogP contribution in [0.2, 0.25) is 0 Å². The standard InChI is InChI=1S/C10H8F4O4/c11-6-4(7(15)8(16)9(17)18)2-1-3-5(6)10(12,13)14/h1-3,7-8,15-16H,(H,17,18). The van der Waals surface area contributed by atoms with E-state index in [9.17, 15) is 27.5 Å². The minimum Gasteiger partial charge on any atom is -0.479 e. The fourth-order valence-corrected chi connectivity index (χ4v) is 1.30. The van der Waals surface area contributed by atoms with Gasteiger partial charge < -0.3 is 15.3 Å². The Morgan fingerprint density at radius 1 is 1.22 bits per heavy atom. The van der Waals surface area contributed by atoms with Gasteiger partial charge in [-0.15, -0.1) is 0 Å². The third-order valence-electron chi connectivity index (χ3n) is 2.20. The summed E-state index contributed by atoms with van der Waals surface area (Å²) < 4.78 is 50.5. The lowest BCUT2D eigenvalue weighted by atomic mass is 10.0. The van der Waals surface area contributed by atoms with Crippen LogP contribution in [0.15, 0.2) is 18.2 Å². The molecule has 0 aliphatic heterocycles. The monoisotopic (exact) mass is 268 g/mol. The Labute approximate surface area is 98.1 Å². The third kappa shape index (κ3) is 2.77. The number of halogens is 4. The van der Waals surface area contributed by atoms with Crippen molar-refractivity contribution in [2.75, 3.05) is 0 Å². The average molecular weight is 268 g/mol. The highest BCUT2D eigenvalue weighted by atomic mass is 19.4. The van der Waals surface area contributed by atoms with E-state index in [4.69, 9.17) is 10.2 Å². The number of hydrogen-bond acceptors (Lipinski definition) is 3. The zero-order chi connectivity index (χ0) is 14.1. The molecule has 1 aromatic rings. The van der Waals surface area contributed by atoms with Crippen molar-refractivity contribution in [3.63, 3.8) is 0 Å². The Balaban J connectivity index is 3.23. The minimum absolute atomic E-state index is 0.443. The van der Waals surface area contributed by atoms with Gasteiger partial charge in [0.05, 0.1) is 5.56 Å². The van der Waals surface area contributed by atoms with Crippen LogP contribution in [0.25, 0.3) is 0 Å². The number of rotatable bonds is 3. The largest absolute Gasteiger partial charge is 0.479 e. The second kappa shape index (κ2) is 4.91. The molecule has 0 aliphatic rings. The molecule has 18 heavy (non-hydrogen) atoms. The average Bonchev–Trinajstić information content (AvgIpc) is 2.25. The van der Waals surface area contributed by atoms with Gasteiger partial charge in [0.15, 0.2) is 6.10 Å². The van der Waals surface area contributed by atoms with Crippen LogP contribution in [0.1, 0.15) is 17.2 Å². The van der Waals surface area contributed by atoms with Crippen molar-refractivity contribution >= 4 is 5.97 Å². The van der Waals surface area contributed by atoms with Crippen LogP contribution < -0.4 is 0 Å². The Morgan fingerprint density at radius 3 is 2.22 bits per heavy atom. The van der Waals surface area contributed by atoms with E-state index >= 15 is 0 Å². The number of aliphatic hydroxyl groups is 2. The fraction of sp³-hybridized carbons (Fsp3) is 0.300. The summed E-state index contributed by atoms with van der Waals surface area (Å²) in [5.41, 5.74) is -2.57. The number of carbonyl (C=O) groups is 1. The van der Waals surface area contributed by atoms with Gasteiger partial charge in [0.1, 0.15) is 11.9 Å². The van der Waals surface area contributed by atoms with E-state index in [-0.39, 0.29) is 0 Å². The molecule has 3 N–H and O–H groups in total. The topological polar surface area (TPSA) is 77.8 Å². The number of hydrogen-bond donors (Lipinski definition) is 3. The van der Waals surface area contributed by atoms with E-state index in [0.717, 1.165) is 12.1 Å². The summed E-state index contributed by atoms with van der Waals surface area (Å²) in [5, 5.41) is 26.6. The number of carboxylic acid groups (broad SMARTS) is 1. The summed E-state index contributed by atoms with van der Waals surface area (Å²) in [5.74, 6) is -3.68. The maximum absolute atomic E-state index is 13.5. The second-order valence-electron chi connectivity index (χ2n) is 3.43. The number of aliphatic carboxylic acids is 1. The van der Waals surface area contributed by atoms with Crippen LogP contribution in [0, 0.1) is 5.82 Å². The normalized spacial score (nSPS) is 15.2. The summed E-state index contributed by atoms with van der Waals surface area (Å²) in [4.78, 5) is 10.4. The van der Waals surface area contributed by atoms with Crippen molar-refractivity contribution in [2.45, 2.75) is 18.4 Å². The number of benzene rings is 1. The van der Waals surface area contributed by atoms with Crippen LogP contribution in [0.3, 0.4) is 0 Å². The van der Waals surface area contributed by atoms with Crippen molar-refractivity contribution < 1.29 is 37.7 Å². The molecule has 0 radical (unpaired) electrons. The van der Waals surface area contributed by atoms with Crippen LogP contribution >= 0.6 is 0 Å². The Hall–Kier alpha value is -1.67. The molecule has 0 spiro atoms. The molecule has 0 saturated carbocycles. The molecule has 0 amide bonds. The van der Waals surface area contributed by atoms with E-state index < -0.39 is 41.3 Å². The van der Waals surface area contributed by atoms with E-state index in [0.29, 0.717) is 6.07 Å². The van der Waals surface area contributed by atoms with Crippen LogP contribution in [0.5, 0.6) is 0 Å². The molecule has 0 fully saturated rings. The van der Waals surface area contributed by atoms with E-state index in [2.05, 4.69) is 0 Å². The summed E-state index contributed by atoms with van der Waals surface area (Å²) >= 11 is 0. The molecule has 0 heterocycles. The van der Waals surface area contributed by atoms with Crippen LogP contribution in [-0.2, 0) is 11.0 Å². The molecule has 0 aliphatic carbocycles. The predicted molar refractivity (Wildman–Crippen MR) is 50.0 cm³/mol. The highest BCUT2D eigenvalue weighted by Gasteiger charge is 2.37. The van der Waals surface area contributed by atoms with Gasteiger partial charge in [-0.1, -0.05) is 12.1 Å². The van der Waals surface area contributed by atoms with Gasteiger partial charge in [-0.25, -0.2) is 9.18 Å². The Bertz CT molecular complexity index is 458. The van der Waals surface area contributed by atoms with Gasteiger partial charge in [0.25, 0.3) is 0 Å². The molecule has 0 bridgehead atoms. The molecule has 2 atom stereocenters. The van der Waals surface area contributed by atoms with Gasteiger partial charge in [-0.2, -0.15) is 13.2 Å². The van der Waals surface area contributed by atoms with Gasteiger partial charge in [-0.3, -0.25) is 0 Å². The summed E-state index contributed by atoms with van der Waals surface area (Å²) in [6.07, 6.45) is -9.68. The first kappa shape index (κ1) is 14.4. The molecular weight excluding hydrogens is 260 g/mol. The first-order valence-corrected chi connectivity index (χ1v) is 4.60. The van der Waals surface area contributed by atoms with Crippen molar-refractivity contribution in [3.05, 3.63) is 35.1 Å². The molecule has 0 aromatic heterocycles. The smallest absolute Gasteiger partial charge is 0.419 e. The maximum atomic E-state index is 13.5. The van der Waals surface area contributed by atoms with Crippen molar-refractivity contribution in [1.29, 1.82) is 0 Å². The van der Waals surface area contributed by atoms with Crippen molar-refractivity contribution in [2.24, 2.45) is 0 Å². The molecule has 8 heteroatoms. The lowest BCUT2D eigenvalue weighted by Crippen LogP contribution is -2.28. The second-order valence-corrected chi connectivity index (χ2v) is 3.43. The summed E-state index contributed by atoms with van der Waals surface area (Å²) in [7, 11) is 0. The fourth-order valence-electron chi connectivity index (χ4n) is 1.30. The quantitative estimate of drug-likeness (QED) is 0.722. The van der Waals surface area contributed by atoms with Gasteiger partial charge in [-0.05, 0) is 6.07 Å². The van der Waals surface area contributed by atoms with Gasteiger partial charge >= 0.3 is 12.1 Å². The Morgan fingerprint density at radius 2 is 1.78 bits per heavy atom. The first-order valence-electron chi connectivity index (χ1n) is 4.60. The first-order chi connectivity index (χ1) is 8.16. The highest BCUT2D eigenvalue weighted by molar-refractivity contribution is 5.73. The molecular formula is C10H8F4O4. The van der Waals surface area contributed by atoms with E-state index in [1.807, 2.05) is 0 Å². The SMILES string of the molecule is O=C(O)C(O)C(O)c1cccc(C(F)(F)F)c1F. The number of alkyl halides is 3. The number of aliphatic hydroxyl groups excluding tert-OH is 2. The Kier molecular flexibility index (Phi) is 3.92. The molecule has 1 rings (SSSR count). The molecule has 100 valence electrons. The number of carboxylic acids is 1. The zero-order valence-corrected chi connectivity index (χ0v) is 8.65. The van der Waals surface area contributed by atoms with Crippen LogP contribution in [0.4, 0.5) is 17.6 Å². The maximum Gasteiger partial charge on any atom is 0.419 e. The summed E-state index contributed by atoms with van der Waals surface area (Å²) in [6, 6.07) is 2.01. The molecule has 0 saturated heterocycles. The van der Waals surface area contributed by atoms with Gasteiger partial charge in [0.2, 0.25) is 0 Å². The van der Waals surface area contributed by atoms with Crippen molar-refractivity contribution in [1.82, 2.24) is 0 Å².